The standard InChI is InChI=1S/C15H19Cl2NS/c1-15(2,3)18(7-6-16)9-11-10-19-14-5-4-12(17)8-13(11)14/h4-5,8,10H,6-7,9H2,1-3H3. The van der Waals surface area contributed by atoms with Gasteiger partial charge in [-0.15, -0.1) is 22.9 Å². The van der Waals surface area contributed by atoms with Crippen molar-refractivity contribution in [3.8, 4) is 0 Å². The van der Waals surface area contributed by atoms with Crippen LogP contribution >= 0.6 is 34.5 Å². The van der Waals surface area contributed by atoms with Crippen molar-refractivity contribution in [3.05, 3.63) is 34.2 Å². The van der Waals surface area contributed by atoms with E-state index in [1.54, 1.807) is 11.3 Å². The third-order valence-corrected chi connectivity index (χ3v) is 4.70. The molecule has 0 aliphatic heterocycles. The lowest BCUT2D eigenvalue weighted by Gasteiger charge is -2.35. The Labute approximate surface area is 129 Å². The van der Waals surface area contributed by atoms with E-state index >= 15 is 0 Å². The van der Waals surface area contributed by atoms with Gasteiger partial charge in [0.1, 0.15) is 0 Å². The molecule has 1 heterocycles. The zero-order valence-electron chi connectivity index (χ0n) is 11.5. The summed E-state index contributed by atoms with van der Waals surface area (Å²) in [6.07, 6.45) is 0. The first-order valence-electron chi connectivity index (χ1n) is 6.38. The number of benzene rings is 1. The molecular weight excluding hydrogens is 297 g/mol. The molecule has 4 heteroatoms. The van der Waals surface area contributed by atoms with E-state index < -0.39 is 0 Å². The van der Waals surface area contributed by atoms with E-state index in [0.717, 1.165) is 18.1 Å². The topological polar surface area (TPSA) is 3.24 Å². The third kappa shape index (κ3) is 3.63. The quantitative estimate of drug-likeness (QED) is 0.683. The molecule has 2 rings (SSSR count). The zero-order chi connectivity index (χ0) is 14.0. The SMILES string of the molecule is CC(C)(C)N(CCCl)Cc1csc2ccc(Cl)cc12. The minimum absolute atomic E-state index is 0.113. The van der Waals surface area contributed by atoms with Crippen molar-refractivity contribution in [2.45, 2.75) is 32.9 Å². The number of alkyl halides is 1. The van der Waals surface area contributed by atoms with Crippen LogP contribution in [0.5, 0.6) is 0 Å². The van der Waals surface area contributed by atoms with Gasteiger partial charge in [0.2, 0.25) is 0 Å². The molecular formula is C15H19Cl2NS. The molecule has 0 spiro atoms. The lowest BCUT2D eigenvalue weighted by Crippen LogP contribution is -2.41. The third-order valence-electron chi connectivity index (χ3n) is 3.28. The molecule has 0 aliphatic rings. The number of nitrogens with zero attached hydrogens (tertiary/aromatic N) is 1. The Morgan fingerprint density at radius 2 is 2.00 bits per heavy atom. The van der Waals surface area contributed by atoms with E-state index in [4.69, 9.17) is 23.2 Å². The van der Waals surface area contributed by atoms with E-state index in [1.165, 1.54) is 15.6 Å². The van der Waals surface area contributed by atoms with Gasteiger partial charge in [0.15, 0.2) is 0 Å². The summed E-state index contributed by atoms with van der Waals surface area (Å²) in [6, 6.07) is 6.10. The van der Waals surface area contributed by atoms with Crippen LogP contribution in [0.15, 0.2) is 23.6 Å². The summed E-state index contributed by atoms with van der Waals surface area (Å²) in [5, 5.41) is 4.29. The predicted octanol–water partition coefficient (Wildman–Crippen LogP) is 5.39. The van der Waals surface area contributed by atoms with Crippen LogP contribution in [0.25, 0.3) is 10.1 Å². The number of hydrogen-bond donors (Lipinski definition) is 0. The van der Waals surface area contributed by atoms with Crippen molar-refractivity contribution in [1.29, 1.82) is 0 Å². The van der Waals surface area contributed by atoms with E-state index in [-0.39, 0.29) is 5.54 Å². The molecule has 0 fully saturated rings. The summed E-state index contributed by atoms with van der Waals surface area (Å²) in [5.41, 5.74) is 1.45. The van der Waals surface area contributed by atoms with Crippen LogP contribution in [0.4, 0.5) is 0 Å². The Bertz CT molecular complexity index is 557. The van der Waals surface area contributed by atoms with Crippen LogP contribution < -0.4 is 0 Å². The summed E-state index contributed by atoms with van der Waals surface area (Å²) < 4.78 is 1.29. The second kappa shape index (κ2) is 6.01. The molecule has 1 aromatic heterocycles. The molecule has 1 nitrogen and oxygen atoms in total. The van der Waals surface area contributed by atoms with Crippen LogP contribution in [0.3, 0.4) is 0 Å². The van der Waals surface area contributed by atoms with Gasteiger partial charge in [-0.25, -0.2) is 0 Å². The molecule has 0 amide bonds. The van der Waals surface area contributed by atoms with Crippen molar-refractivity contribution in [1.82, 2.24) is 4.90 Å². The Hall–Kier alpha value is -0.280. The number of hydrogen-bond acceptors (Lipinski definition) is 2. The molecule has 0 saturated heterocycles. The Morgan fingerprint density at radius 3 is 2.63 bits per heavy atom. The minimum Gasteiger partial charge on any atom is -0.293 e. The fourth-order valence-electron chi connectivity index (χ4n) is 2.14. The smallest absolute Gasteiger partial charge is 0.0413 e. The van der Waals surface area contributed by atoms with Crippen LogP contribution in [0, 0.1) is 0 Å². The van der Waals surface area contributed by atoms with Gasteiger partial charge in [0.25, 0.3) is 0 Å². The number of thiophene rings is 1. The monoisotopic (exact) mass is 315 g/mol. The van der Waals surface area contributed by atoms with Crippen molar-refractivity contribution in [3.63, 3.8) is 0 Å². The molecule has 1 aromatic carbocycles. The van der Waals surface area contributed by atoms with E-state index in [9.17, 15) is 0 Å². The first-order valence-corrected chi connectivity index (χ1v) is 8.17. The summed E-state index contributed by atoms with van der Waals surface area (Å²) in [5.74, 6) is 0.653. The van der Waals surface area contributed by atoms with Gasteiger partial charge in [-0.2, -0.15) is 0 Å². The van der Waals surface area contributed by atoms with Gasteiger partial charge >= 0.3 is 0 Å². The van der Waals surface area contributed by atoms with Crippen LogP contribution in [0.2, 0.25) is 5.02 Å². The van der Waals surface area contributed by atoms with Gasteiger partial charge in [-0.1, -0.05) is 11.6 Å². The molecule has 19 heavy (non-hydrogen) atoms. The second-order valence-electron chi connectivity index (χ2n) is 5.68. The maximum atomic E-state index is 6.11. The Balaban J connectivity index is 2.31. The largest absolute Gasteiger partial charge is 0.293 e. The molecule has 0 unspecified atom stereocenters. The van der Waals surface area contributed by atoms with E-state index in [2.05, 4.69) is 43.2 Å². The first-order chi connectivity index (χ1) is 8.91. The minimum atomic E-state index is 0.113. The number of rotatable bonds is 4. The second-order valence-corrected chi connectivity index (χ2v) is 7.41. The van der Waals surface area contributed by atoms with Crippen LogP contribution in [-0.4, -0.2) is 22.9 Å². The highest BCUT2D eigenvalue weighted by Crippen LogP contribution is 2.30. The molecule has 0 radical (unpaired) electrons. The van der Waals surface area contributed by atoms with E-state index in [0.29, 0.717) is 5.88 Å². The van der Waals surface area contributed by atoms with Crippen LogP contribution in [0.1, 0.15) is 26.3 Å². The lowest BCUT2D eigenvalue weighted by atomic mass is 10.0. The normalized spacial score (nSPS) is 12.5. The van der Waals surface area contributed by atoms with Gasteiger partial charge in [0.05, 0.1) is 0 Å². The summed E-state index contributed by atoms with van der Waals surface area (Å²) in [4.78, 5) is 2.41. The highest BCUT2D eigenvalue weighted by atomic mass is 35.5. The summed E-state index contributed by atoms with van der Waals surface area (Å²) >= 11 is 13.8. The maximum Gasteiger partial charge on any atom is 0.0413 e. The van der Waals surface area contributed by atoms with Crippen molar-refractivity contribution in [2.24, 2.45) is 0 Å². The van der Waals surface area contributed by atoms with Gasteiger partial charge in [-0.05, 0) is 55.3 Å². The molecule has 0 atom stereocenters. The zero-order valence-corrected chi connectivity index (χ0v) is 13.9. The summed E-state index contributed by atoms with van der Waals surface area (Å²) in [7, 11) is 0. The molecule has 0 saturated carbocycles. The van der Waals surface area contributed by atoms with Gasteiger partial charge < -0.3 is 0 Å². The van der Waals surface area contributed by atoms with Crippen molar-refractivity contribution >= 4 is 44.6 Å². The van der Waals surface area contributed by atoms with Crippen molar-refractivity contribution < 1.29 is 0 Å². The lowest BCUT2D eigenvalue weighted by molar-refractivity contribution is 0.138. The molecule has 0 aliphatic carbocycles. The van der Waals surface area contributed by atoms with Crippen molar-refractivity contribution in [2.75, 3.05) is 12.4 Å². The number of halogens is 2. The Morgan fingerprint density at radius 1 is 1.26 bits per heavy atom. The fraction of sp³-hybridized carbons (Fsp3) is 0.467. The fourth-order valence-corrected chi connectivity index (χ4v) is 3.45. The van der Waals surface area contributed by atoms with E-state index in [1.807, 2.05) is 6.07 Å². The molecule has 104 valence electrons. The molecule has 0 bridgehead atoms. The number of fused-ring (bicyclic) bond motifs is 1. The highest BCUT2D eigenvalue weighted by Gasteiger charge is 2.21. The Kier molecular flexibility index (Phi) is 4.78. The molecule has 0 N–H and O–H groups in total. The van der Waals surface area contributed by atoms with Gasteiger partial charge in [0, 0.05) is 34.2 Å². The first kappa shape index (κ1) is 15.1. The van der Waals surface area contributed by atoms with Crippen LogP contribution in [-0.2, 0) is 6.54 Å². The average Bonchev–Trinajstić information content (AvgIpc) is 2.70. The predicted molar refractivity (Wildman–Crippen MR) is 87.7 cm³/mol. The highest BCUT2D eigenvalue weighted by molar-refractivity contribution is 7.17. The average molecular weight is 316 g/mol. The summed E-state index contributed by atoms with van der Waals surface area (Å²) in [6.45, 7) is 8.47. The van der Waals surface area contributed by atoms with Gasteiger partial charge in [-0.3, -0.25) is 4.90 Å². The maximum absolute atomic E-state index is 6.11. The molecule has 2 aromatic rings.